The lowest BCUT2D eigenvalue weighted by molar-refractivity contribution is -0.143. The average molecular weight is 212 g/mol. The fourth-order valence-corrected chi connectivity index (χ4v) is 2.09. The summed E-state index contributed by atoms with van der Waals surface area (Å²) in [7, 11) is 1.42. The van der Waals surface area contributed by atoms with Crippen LogP contribution in [0.15, 0.2) is 0 Å². The van der Waals surface area contributed by atoms with Crippen molar-refractivity contribution in [3.8, 4) is 0 Å². The van der Waals surface area contributed by atoms with E-state index in [0.29, 0.717) is 0 Å². The summed E-state index contributed by atoms with van der Waals surface area (Å²) in [6.07, 6.45) is 0. The van der Waals surface area contributed by atoms with E-state index < -0.39 is 0 Å². The number of hydrogen-bond acceptors (Lipinski definition) is 4. The number of nitrogens with one attached hydrogen (secondary N) is 1. The molecule has 0 aromatic heterocycles. The molecule has 1 fully saturated rings. The summed E-state index contributed by atoms with van der Waals surface area (Å²) in [5.74, 6) is 0.659. The zero-order valence-electron chi connectivity index (χ0n) is 7.42. The lowest BCUT2D eigenvalue weighted by atomic mass is 10.0. The number of esters is 1. The molecule has 72 valence electrons. The van der Waals surface area contributed by atoms with Crippen molar-refractivity contribution >= 4 is 30.1 Å². The van der Waals surface area contributed by atoms with Crippen LogP contribution in [0, 0.1) is 0 Å². The minimum Gasteiger partial charge on any atom is -0.468 e. The summed E-state index contributed by atoms with van der Waals surface area (Å²) in [6, 6.07) is -0.155. The first-order chi connectivity index (χ1) is 5.08. The van der Waals surface area contributed by atoms with Gasteiger partial charge in [0.1, 0.15) is 6.04 Å². The highest BCUT2D eigenvalue weighted by Crippen LogP contribution is 2.33. The number of carbonyl (C=O) groups is 1. The van der Waals surface area contributed by atoms with E-state index in [4.69, 9.17) is 0 Å². The van der Waals surface area contributed by atoms with Gasteiger partial charge in [0.15, 0.2) is 0 Å². The van der Waals surface area contributed by atoms with Crippen LogP contribution in [0.2, 0.25) is 0 Å². The lowest BCUT2D eigenvalue weighted by Gasteiger charge is -2.22. The first kappa shape index (κ1) is 12.1. The first-order valence-corrected chi connectivity index (χ1v) is 4.51. The Hall–Kier alpha value is 0.0700. The number of carbonyl (C=O) groups excluding carboxylic acids is 1. The maximum atomic E-state index is 11.1. The van der Waals surface area contributed by atoms with Crippen molar-refractivity contribution in [3.63, 3.8) is 0 Å². The first-order valence-electron chi connectivity index (χ1n) is 3.53. The third kappa shape index (κ3) is 2.28. The van der Waals surface area contributed by atoms with E-state index in [0.717, 1.165) is 5.88 Å². The van der Waals surface area contributed by atoms with Crippen LogP contribution in [-0.2, 0) is 9.53 Å². The quantitative estimate of drug-likeness (QED) is 0.658. The van der Waals surface area contributed by atoms with Crippen molar-refractivity contribution in [2.75, 3.05) is 13.0 Å². The van der Waals surface area contributed by atoms with Gasteiger partial charge < -0.3 is 4.74 Å². The molecule has 12 heavy (non-hydrogen) atoms. The summed E-state index contributed by atoms with van der Waals surface area (Å²) in [5.41, 5.74) is 0. The molecule has 1 rings (SSSR count). The monoisotopic (exact) mass is 211 g/mol. The van der Waals surface area contributed by atoms with Gasteiger partial charge in [0.2, 0.25) is 0 Å². The van der Waals surface area contributed by atoms with E-state index in [1.54, 1.807) is 11.8 Å². The van der Waals surface area contributed by atoms with Gasteiger partial charge >= 0.3 is 5.97 Å². The Morgan fingerprint density at radius 2 is 2.25 bits per heavy atom. The Morgan fingerprint density at radius 1 is 1.67 bits per heavy atom. The molecule has 0 aromatic carbocycles. The van der Waals surface area contributed by atoms with Gasteiger partial charge in [0, 0.05) is 10.6 Å². The van der Waals surface area contributed by atoms with Gasteiger partial charge in [-0.15, -0.1) is 24.2 Å². The van der Waals surface area contributed by atoms with Gasteiger partial charge in [-0.2, -0.15) is 0 Å². The second-order valence-electron chi connectivity index (χ2n) is 3.05. The molecule has 1 unspecified atom stereocenters. The van der Waals surface area contributed by atoms with Crippen molar-refractivity contribution in [1.29, 1.82) is 0 Å². The van der Waals surface area contributed by atoms with Gasteiger partial charge in [-0.3, -0.25) is 10.1 Å². The van der Waals surface area contributed by atoms with Crippen LogP contribution < -0.4 is 5.32 Å². The maximum Gasteiger partial charge on any atom is 0.324 e. The Bertz CT molecular complexity index is 175. The summed E-state index contributed by atoms with van der Waals surface area (Å²) in [4.78, 5) is 11.1. The average Bonchev–Trinajstić information content (AvgIpc) is 2.28. The number of rotatable bonds is 1. The highest BCUT2D eigenvalue weighted by atomic mass is 35.5. The second-order valence-corrected chi connectivity index (χ2v) is 4.68. The molecule has 0 aliphatic carbocycles. The molecule has 0 saturated carbocycles. The molecule has 0 radical (unpaired) electrons. The van der Waals surface area contributed by atoms with Crippen molar-refractivity contribution in [2.45, 2.75) is 24.6 Å². The number of ether oxygens (including phenoxy) is 1. The molecular weight excluding hydrogens is 198 g/mol. The van der Waals surface area contributed by atoms with Gasteiger partial charge in [-0.1, -0.05) is 0 Å². The Morgan fingerprint density at radius 3 is 2.58 bits per heavy atom. The predicted octanol–water partition coefficient (Wildman–Crippen LogP) is 1.02. The molecule has 0 bridgehead atoms. The van der Waals surface area contributed by atoms with Crippen molar-refractivity contribution < 1.29 is 9.53 Å². The van der Waals surface area contributed by atoms with Gasteiger partial charge in [-0.25, -0.2) is 0 Å². The minimum atomic E-state index is -0.167. The van der Waals surface area contributed by atoms with E-state index in [9.17, 15) is 4.79 Å². The minimum absolute atomic E-state index is 0. The molecule has 0 spiro atoms. The third-order valence-electron chi connectivity index (χ3n) is 1.86. The highest BCUT2D eigenvalue weighted by Gasteiger charge is 2.40. The molecule has 1 aliphatic rings. The van der Waals surface area contributed by atoms with E-state index in [1.807, 2.05) is 13.8 Å². The van der Waals surface area contributed by atoms with Crippen molar-refractivity contribution in [1.82, 2.24) is 5.32 Å². The zero-order valence-corrected chi connectivity index (χ0v) is 9.05. The number of thioether (sulfide) groups is 1. The fourth-order valence-electron chi connectivity index (χ4n) is 1.13. The molecule has 0 aromatic rings. The molecule has 1 atom stereocenters. The molecule has 1 heterocycles. The molecule has 3 nitrogen and oxygen atoms in total. The molecule has 0 amide bonds. The number of halogens is 1. The summed E-state index contributed by atoms with van der Waals surface area (Å²) >= 11 is 1.74. The second kappa shape index (κ2) is 4.35. The van der Waals surface area contributed by atoms with Crippen LogP contribution in [-0.4, -0.2) is 29.7 Å². The Kier molecular flexibility index (Phi) is 4.37. The Labute approximate surface area is 83.0 Å². The normalized spacial score (nSPS) is 26.1. The summed E-state index contributed by atoms with van der Waals surface area (Å²) in [5, 5.41) is 3.09. The van der Waals surface area contributed by atoms with Crippen molar-refractivity contribution in [3.05, 3.63) is 0 Å². The van der Waals surface area contributed by atoms with Gasteiger partial charge in [0.05, 0.1) is 7.11 Å². The molecule has 5 heteroatoms. The summed E-state index contributed by atoms with van der Waals surface area (Å²) in [6.45, 7) is 4.08. The third-order valence-corrected chi connectivity index (χ3v) is 3.15. The van der Waals surface area contributed by atoms with E-state index in [1.165, 1.54) is 7.11 Å². The lowest BCUT2D eigenvalue weighted by Crippen LogP contribution is -2.44. The van der Waals surface area contributed by atoms with E-state index in [2.05, 4.69) is 10.1 Å². The van der Waals surface area contributed by atoms with Crippen LogP contribution in [0.1, 0.15) is 13.8 Å². The highest BCUT2D eigenvalue weighted by molar-refractivity contribution is 8.00. The Balaban J connectivity index is 0.00000121. The zero-order chi connectivity index (χ0) is 8.48. The topological polar surface area (TPSA) is 38.3 Å². The van der Waals surface area contributed by atoms with E-state index >= 15 is 0 Å². The van der Waals surface area contributed by atoms with Crippen LogP contribution in [0.3, 0.4) is 0 Å². The maximum absolute atomic E-state index is 11.1. The van der Waals surface area contributed by atoms with Crippen LogP contribution in [0.5, 0.6) is 0 Å². The smallest absolute Gasteiger partial charge is 0.324 e. The largest absolute Gasteiger partial charge is 0.468 e. The fraction of sp³-hybridized carbons (Fsp3) is 0.857. The molecule has 1 N–H and O–H groups in total. The molecular formula is C7H14ClNO2S. The molecule has 1 aliphatic heterocycles. The van der Waals surface area contributed by atoms with Crippen molar-refractivity contribution in [2.24, 2.45) is 0 Å². The van der Waals surface area contributed by atoms with Crippen LogP contribution in [0.4, 0.5) is 0 Å². The predicted molar refractivity (Wildman–Crippen MR) is 52.7 cm³/mol. The van der Waals surface area contributed by atoms with Gasteiger partial charge in [-0.05, 0) is 13.8 Å². The standard InChI is InChI=1S/C7H13NO2S.ClH/c1-7(2)5(6(9)10-3)8-4-11-7;/h5,8H,4H2,1-3H3;1H. The summed E-state index contributed by atoms with van der Waals surface area (Å²) < 4.78 is 4.62. The number of methoxy groups -OCH3 is 1. The van der Waals surface area contributed by atoms with Gasteiger partial charge in [0.25, 0.3) is 0 Å². The molecule has 1 saturated heterocycles. The van der Waals surface area contributed by atoms with Crippen LogP contribution >= 0.6 is 24.2 Å². The number of hydrogen-bond donors (Lipinski definition) is 1. The SMILES string of the molecule is COC(=O)C1NCSC1(C)C.Cl. The van der Waals surface area contributed by atoms with E-state index in [-0.39, 0.29) is 29.2 Å². The van der Waals surface area contributed by atoms with Crippen LogP contribution in [0.25, 0.3) is 0 Å².